The molecule has 16 heavy (non-hydrogen) atoms. The summed E-state index contributed by atoms with van der Waals surface area (Å²) in [4.78, 5) is 11.4. The van der Waals surface area contributed by atoms with E-state index in [2.05, 4.69) is 31.1 Å². The van der Waals surface area contributed by atoms with Gasteiger partial charge in [-0.15, -0.1) is 5.54 Å². The van der Waals surface area contributed by atoms with Gasteiger partial charge in [0.25, 0.3) is 0 Å². The molecule has 1 rings (SSSR count). The molecule has 1 nitrogen and oxygen atoms in total. The maximum absolute atomic E-state index is 11.4. The van der Waals surface area contributed by atoms with Crippen LogP contribution in [0.15, 0.2) is 24.3 Å². The van der Waals surface area contributed by atoms with Gasteiger partial charge in [-0.1, -0.05) is 44.6 Å². The Balaban J connectivity index is 2.87. The summed E-state index contributed by atoms with van der Waals surface area (Å²) in [6.07, 6.45) is 0.555. The minimum atomic E-state index is -1.31. The first-order valence-electron chi connectivity index (χ1n) is 5.59. The molecule has 0 atom stereocenters. The summed E-state index contributed by atoms with van der Waals surface area (Å²) in [6, 6.07) is 7.58. The molecule has 0 aliphatic carbocycles. The third-order valence-corrected chi connectivity index (χ3v) is 2.98. The van der Waals surface area contributed by atoms with Crippen molar-refractivity contribution in [3.8, 4) is 11.5 Å². The van der Waals surface area contributed by atoms with Gasteiger partial charge in [0.05, 0.1) is 0 Å². The first-order chi connectivity index (χ1) is 7.42. The summed E-state index contributed by atoms with van der Waals surface area (Å²) in [7, 11) is -1.31. The predicted molar refractivity (Wildman–Crippen MR) is 71.3 cm³/mol. The van der Waals surface area contributed by atoms with Crippen LogP contribution in [0, 0.1) is 11.5 Å². The van der Waals surface area contributed by atoms with Crippen LogP contribution in [0.2, 0.25) is 19.6 Å². The molecule has 2 heteroatoms. The molecule has 0 saturated carbocycles. The highest BCUT2D eigenvalue weighted by Gasteiger charge is 2.07. The Morgan fingerprint density at radius 2 is 1.75 bits per heavy atom. The van der Waals surface area contributed by atoms with Gasteiger partial charge in [0.2, 0.25) is 0 Å². The molecule has 0 bridgehead atoms. The second-order valence-electron chi connectivity index (χ2n) is 4.85. The lowest BCUT2D eigenvalue weighted by Crippen LogP contribution is -2.16. The fourth-order valence-electron chi connectivity index (χ4n) is 1.20. The van der Waals surface area contributed by atoms with Crippen LogP contribution in [-0.2, 0) is 0 Å². The average Bonchev–Trinajstić information content (AvgIpc) is 2.25. The van der Waals surface area contributed by atoms with Crippen LogP contribution in [0.1, 0.15) is 29.3 Å². The van der Waals surface area contributed by atoms with E-state index in [0.29, 0.717) is 6.42 Å². The van der Waals surface area contributed by atoms with Gasteiger partial charge in [-0.2, -0.15) is 0 Å². The molecule has 1 aromatic carbocycles. The lowest BCUT2D eigenvalue weighted by molar-refractivity contribution is 0.0988. The lowest BCUT2D eigenvalue weighted by atomic mass is 10.1. The fraction of sp³-hybridized carbons (Fsp3) is 0.357. The lowest BCUT2D eigenvalue weighted by Gasteiger charge is -2.03. The van der Waals surface area contributed by atoms with Gasteiger partial charge >= 0.3 is 0 Å². The monoisotopic (exact) mass is 230 g/mol. The average molecular weight is 230 g/mol. The van der Waals surface area contributed by atoms with Crippen molar-refractivity contribution < 1.29 is 4.79 Å². The number of rotatable bonds is 2. The normalized spacial score (nSPS) is 10.5. The third kappa shape index (κ3) is 4.04. The van der Waals surface area contributed by atoms with Crippen LogP contribution in [0.25, 0.3) is 0 Å². The van der Waals surface area contributed by atoms with Crippen molar-refractivity contribution in [3.63, 3.8) is 0 Å². The van der Waals surface area contributed by atoms with Crippen molar-refractivity contribution in [2.45, 2.75) is 33.0 Å². The zero-order chi connectivity index (χ0) is 12.2. The SMILES string of the molecule is CCC(=O)c1ccc(C#C[Si](C)(C)C)cc1. The summed E-state index contributed by atoms with van der Waals surface area (Å²) in [5, 5.41) is 0. The number of ketones is 1. The fourth-order valence-corrected chi connectivity index (χ4v) is 1.72. The zero-order valence-corrected chi connectivity index (χ0v) is 11.4. The molecule has 0 aliphatic rings. The molecule has 0 radical (unpaired) electrons. The minimum absolute atomic E-state index is 0.185. The number of hydrogen-bond acceptors (Lipinski definition) is 1. The summed E-state index contributed by atoms with van der Waals surface area (Å²) in [5.41, 5.74) is 5.08. The van der Waals surface area contributed by atoms with Crippen molar-refractivity contribution in [3.05, 3.63) is 35.4 Å². The summed E-state index contributed by atoms with van der Waals surface area (Å²) in [5.74, 6) is 3.35. The largest absolute Gasteiger partial charge is 0.294 e. The standard InChI is InChI=1S/C14H18OSi/c1-5-14(15)13-8-6-12(7-9-13)10-11-16(2,3)4/h6-9H,5H2,1-4H3. The van der Waals surface area contributed by atoms with E-state index in [0.717, 1.165) is 11.1 Å². The van der Waals surface area contributed by atoms with E-state index in [-0.39, 0.29) is 5.78 Å². The minimum Gasteiger partial charge on any atom is -0.294 e. The molecule has 0 spiro atoms. The van der Waals surface area contributed by atoms with Crippen molar-refractivity contribution in [2.75, 3.05) is 0 Å². The van der Waals surface area contributed by atoms with Gasteiger partial charge in [-0.25, -0.2) is 0 Å². The maximum Gasteiger partial charge on any atom is 0.162 e. The Morgan fingerprint density at radius 1 is 1.19 bits per heavy atom. The Morgan fingerprint density at radius 3 is 2.19 bits per heavy atom. The molecule has 0 heterocycles. The van der Waals surface area contributed by atoms with E-state index in [9.17, 15) is 4.79 Å². The van der Waals surface area contributed by atoms with Gasteiger partial charge in [0.1, 0.15) is 8.07 Å². The highest BCUT2D eigenvalue weighted by Crippen LogP contribution is 2.06. The van der Waals surface area contributed by atoms with Gasteiger partial charge < -0.3 is 0 Å². The highest BCUT2D eigenvalue weighted by atomic mass is 28.3. The van der Waals surface area contributed by atoms with E-state index < -0.39 is 8.07 Å². The molecule has 0 aliphatic heterocycles. The van der Waals surface area contributed by atoms with Crippen LogP contribution >= 0.6 is 0 Å². The van der Waals surface area contributed by atoms with Gasteiger partial charge in [-0.05, 0) is 12.1 Å². The molecule has 0 aromatic heterocycles. The van der Waals surface area contributed by atoms with Crippen LogP contribution in [0.4, 0.5) is 0 Å². The zero-order valence-electron chi connectivity index (χ0n) is 10.4. The Hall–Kier alpha value is -1.33. The third-order valence-electron chi connectivity index (χ3n) is 2.11. The summed E-state index contributed by atoms with van der Waals surface area (Å²) < 4.78 is 0. The summed E-state index contributed by atoms with van der Waals surface area (Å²) in [6.45, 7) is 8.53. The second kappa shape index (κ2) is 5.13. The van der Waals surface area contributed by atoms with Crippen LogP contribution in [-0.4, -0.2) is 13.9 Å². The molecule has 0 fully saturated rings. The Bertz CT molecular complexity index is 427. The topological polar surface area (TPSA) is 17.1 Å². The molecule has 84 valence electrons. The Kier molecular flexibility index (Phi) is 4.09. The molecular weight excluding hydrogens is 212 g/mol. The van der Waals surface area contributed by atoms with E-state index in [4.69, 9.17) is 0 Å². The second-order valence-corrected chi connectivity index (χ2v) is 9.60. The number of hydrogen-bond donors (Lipinski definition) is 0. The van der Waals surface area contributed by atoms with Crippen LogP contribution < -0.4 is 0 Å². The quantitative estimate of drug-likeness (QED) is 0.432. The van der Waals surface area contributed by atoms with Crippen molar-refractivity contribution >= 4 is 13.9 Å². The molecule has 0 unspecified atom stereocenters. The van der Waals surface area contributed by atoms with Crippen LogP contribution in [0.3, 0.4) is 0 Å². The predicted octanol–water partition coefficient (Wildman–Crippen LogP) is 3.51. The van der Waals surface area contributed by atoms with Gasteiger partial charge in [0, 0.05) is 17.5 Å². The smallest absolute Gasteiger partial charge is 0.162 e. The molecule has 1 aromatic rings. The van der Waals surface area contributed by atoms with E-state index in [1.165, 1.54) is 0 Å². The number of benzene rings is 1. The van der Waals surface area contributed by atoms with E-state index in [1.807, 2.05) is 31.2 Å². The van der Waals surface area contributed by atoms with Crippen LogP contribution in [0.5, 0.6) is 0 Å². The summed E-state index contributed by atoms with van der Waals surface area (Å²) >= 11 is 0. The number of carbonyl (C=O) groups is 1. The van der Waals surface area contributed by atoms with Crippen molar-refractivity contribution in [2.24, 2.45) is 0 Å². The molecule has 0 saturated heterocycles. The van der Waals surface area contributed by atoms with E-state index in [1.54, 1.807) is 0 Å². The van der Waals surface area contributed by atoms with E-state index >= 15 is 0 Å². The van der Waals surface area contributed by atoms with Crippen molar-refractivity contribution in [1.82, 2.24) is 0 Å². The first-order valence-corrected chi connectivity index (χ1v) is 9.09. The van der Waals surface area contributed by atoms with Gasteiger partial charge in [0.15, 0.2) is 5.78 Å². The number of Topliss-reactive ketones (excluding diaryl/α,β-unsaturated/α-hetero) is 1. The Labute approximate surface area is 98.9 Å². The molecular formula is C14H18OSi. The van der Waals surface area contributed by atoms with Gasteiger partial charge in [-0.3, -0.25) is 4.79 Å². The van der Waals surface area contributed by atoms with Crippen molar-refractivity contribution in [1.29, 1.82) is 0 Å². The highest BCUT2D eigenvalue weighted by molar-refractivity contribution is 6.83. The molecule has 0 amide bonds. The molecule has 0 N–H and O–H groups in total. The first kappa shape index (κ1) is 12.7. The number of carbonyl (C=O) groups excluding carboxylic acids is 1. The maximum atomic E-state index is 11.4.